The number of thiazole rings is 1. The van der Waals surface area contributed by atoms with E-state index in [-0.39, 0.29) is 23.9 Å². The van der Waals surface area contributed by atoms with Gasteiger partial charge in [-0.25, -0.2) is 4.98 Å². The standard InChI is InChI=1S/C22H20ClN3O3S/c1-13-16(8-20(29-13)15-4-2-3-5-17(15)23)22(28)25-7-6-18-19(25)9-21(27)26(18)10-14-11-30-12-24-14/h2-5,8,11-12,18-19H,6-7,9-10H2,1H3/t18-,19-/m0/s1. The average Bonchev–Trinajstić information content (AvgIpc) is 3.49. The first-order valence-electron chi connectivity index (χ1n) is 9.86. The lowest BCUT2D eigenvalue weighted by Gasteiger charge is -2.25. The van der Waals surface area contributed by atoms with E-state index in [1.54, 1.807) is 24.6 Å². The summed E-state index contributed by atoms with van der Waals surface area (Å²) in [6, 6.07) is 9.09. The summed E-state index contributed by atoms with van der Waals surface area (Å²) in [6.45, 7) is 2.92. The molecule has 4 heterocycles. The van der Waals surface area contributed by atoms with Gasteiger partial charge >= 0.3 is 0 Å². The lowest BCUT2D eigenvalue weighted by Crippen LogP contribution is -2.39. The van der Waals surface area contributed by atoms with Crippen LogP contribution >= 0.6 is 22.9 Å². The van der Waals surface area contributed by atoms with E-state index in [9.17, 15) is 9.59 Å². The number of hydrogen-bond acceptors (Lipinski definition) is 5. The quantitative estimate of drug-likeness (QED) is 0.602. The Balaban J connectivity index is 1.38. The summed E-state index contributed by atoms with van der Waals surface area (Å²) in [6.07, 6.45) is 1.13. The number of aryl methyl sites for hydroxylation is 1. The molecule has 0 saturated carbocycles. The largest absolute Gasteiger partial charge is 0.460 e. The van der Waals surface area contributed by atoms with E-state index < -0.39 is 0 Å². The Hall–Kier alpha value is -2.64. The van der Waals surface area contributed by atoms with Gasteiger partial charge in [0.2, 0.25) is 5.91 Å². The van der Waals surface area contributed by atoms with E-state index >= 15 is 0 Å². The Kier molecular flexibility index (Phi) is 4.87. The minimum atomic E-state index is -0.110. The molecule has 154 valence electrons. The van der Waals surface area contributed by atoms with Gasteiger partial charge in [0.1, 0.15) is 11.5 Å². The summed E-state index contributed by atoms with van der Waals surface area (Å²) in [4.78, 5) is 34.0. The molecule has 0 aliphatic carbocycles. The van der Waals surface area contributed by atoms with Crippen LogP contribution in [0.4, 0.5) is 0 Å². The molecule has 2 fully saturated rings. The van der Waals surface area contributed by atoms with E-state index in [0.29, 0.717) is 41.6 Å². The van der Waals surface area contributed by atoms with Crippen LogP contribution in [0.2, 0.25) is 5.02 Å². The summed E-state index contributed by atoms with van der Waals surface area (Å²) in [5.74, 6) is 1.12. The molecule has 0 N–H and O–H groups in total. The molecule has 0 radical (unpaired) electrons. The zero-order valence-corrected chi connectivity index (χ0v) is 17.9. The molecule has 2 saturated heterocycles. The van der Waals surface area contributed by atoms with Crippen molar-refractivity contribution in [2.45, 2.75) is 38.4 Å². The predicted octanol–water partition coefficient (Wildman–Crippen LogP) is 4.38. The number of likely N-dealkylation sites (tertiary alicyclic amines) is 2. The second-order valence-electron chi connectivity index (χ2n) is 7.69. The molecule has 2 aliphatic rings. The Bertz CT molecular complexity index is 1110. The molecule has 6 nitrogen and oxygen atoms in total. The van der Waals surface area contributed by atoms with Gasteiger partial charge in [-0.15, -0.1) is 11.3 Å². The number of aromatic nitrogens is 1. The van der Waals surface area contributed by atoms with Crippen LogP contribution in [0.1, 0.15) is 34.7 Å². The Labute approximate surface area is 183 Å². The zero-order valence-electron chi connectivity index (χ0n) is 16.4. The number of furan rings is 1. The molecule has 1 aromatic carbocycles. The molecule has 3 aromatic rings. The van der Waals surface area contributed by atoms with Crippen molar-refractivity contribution in [2.24, 2.45) is 0 Å². The van der Waals surface area contributed by atoms with Crippen molar-refractivity contribution in [1.29, 1.82) is 0 Å². The second kappa shape index (κ2) is 7.56. The van der Waals surface area contributed by atoms with Gasteiger partial charge in [-0.2, -0.15) is 0 Å². The Morgan fingerprint density at radius 2 is 2.17 bits per heavy atom. The second-order valence-corrected chi connectivity index (χ2v) is 8.81. The van der Waals surface area contributed by atoms with Gasteiger partial charge in [-0.1, -0.05) is 23.7 Å². The van der Waals surface area contributed by atoms with E-state index in [4.69, 9.17) is 16.0 Å². The minimum absolute atomic E-state index is 0.0402. The summed E-state index contributed by atoms with van der Waals surface area (Å²) < 4.78 is 5.87. The van der Waals surface area contributed by atoms with Crippen LogP contribution < -0.4 is 0 Å². The number of amides is 2. The third-order valence-electron chi connectivity index (χ3n) is 5.98. The molecular formula is C22H20ClN3O3S. The number of nitrogens with zero attached hydrogens (tertiary/aromatic N) is 3. The van der Waals surface area contributed by atoms with E-state index in [2.05, 4.69) is 4.98 Å². The lowest BCUT2D eigenvalue weighted by molar-refractivity contribution is -0.129. The third-order valence-corrected chi connectivity index (χ3v) is 6.94. The van der Waals surface area contributed by atoms with Crippen molar-refractivity contribution < 1.29 is 14.0 Å². The van der Waals surface area contributed by atoms with Crippen LogP contribution in [-0.2, 0) is 11.3 Å². The fourth-order valence-corrected chi connectivity index (χ4v) is 5.30. The van der Waals surface area contributed by atoms with Gasteiger partial charge < -0.3 is 14.2 Å². The first-order valence-corrected chi connectivity index (χ1v) is 11.2. The van der Waals surface area contributed by atoms with Gasteiger partial charge in [0, 0.05) is 23.9 Å². The van der Waals surface area contributed by atoms with E-state index in [1.807, 2.05) is 33.4 Å². The number of rotatable bonds is 4. The summed E-state index contributed by atoms with van der Waals surface area (Å²) >= 11 is 7.81. The van der Waals surface area contributed by atoms with Gasteiger partial charge in [0.25, 0.3) is 5.91 Å². The Morgan fingerprint density at radius 3 is 2.93 bits per heavy atom. The molecule has 0 unspecified atom stereocenters. The number of carbonyl (C=O) groups excluding carboxylic acids is 2. The molecule has 0 spiro atoms. The van der Waals surface area contributed by atoms with E-state index in [0.717, 1.165) is 17.7 Å². The molecule has 0 bridgehead atoms. The van der Waals surface area contributed by atoms with Crippen molar-refractivity contribution in [3.63, 3.8) is 0 Å². The summed E-state index contributed by atoms with van der Waals surface area (Å²) in [5.41, 5.74) is 3.95. The Morgan fingerprint density at radius 1 is 1.33 bits per heavy atom. The maximum atomic E-state index is 13.4. The van der Waals surface area contributed by atoms with Crippen molar-refractivity contribution in [2.75, 3.05) is 6.54 Å². The van der Waals surface area contributed by atoms with Crippen molar-refractivity contribution in [3.05, 3.63) is 63.3 Å². The zero-order chi connectivity index (χ0) is 20.8. The van der Waals surface area contributed by atoms with Gasteiger partial charge in [0.15, 0.2) is 0 Å². The smallest absolute Gasteiger partial charge is 0.257 e. The van der Waals surface area contributed by atoms with Gasteiger partial charge in [-0.05, 0) is 31.5 Å². The minimum Gasteiger partial charge on any atom is -0.460 e. The monoisotopic (exact) mass is 441 g/mol. The number of fused-ring (bicyclic) bond motifs is 1. The van der Waals surface area contributed by atoms with Crippen LogP contribution in [0.15, 0.2) is 45.6 Å². The van der Waals surface area contributed by atoms with E-state index in [1.165, 1.54) is 11.3 Å². The topological polar surface area (TPSA) is 66.7 Å². The number of benzene rings is 1. The molecule has 5 rings (SSSR count). The van der Waals surface area contributed by atoms with Crippen LogP contribution in [-0.4, -0.2) is 45.2 Å². The molecule has 2 aromatic heterocycles. The van der Waals surface area contributed by atoms with Crippen LogP contribution in [0.5, 0.6) is 0 Å². The number of hydrogen-bond donors (Lipinski definition) is 0. The first-order chi connectivity index (χ1) is 14.5. The first kappa shape index (κ1) is 19.3. The summed E-state index contributed by atoms with van der Waals surface area (Å²) in [7, 11) is 0. The maximum absolute atomic E-state index is 13.4. The maximum Gasteiger partial charge on any atom is 0.257 e. The molecule has 2 amide bonds. The molecular weight excluding hydrogens is 422 g/mol. The highest BCUT2D eigenvalue weighted by molar-refractivity contribution is 7.07. The van der Waals surface area contributed by atoms with Crippen molar-refractivity contribution in [1.82, 2.24) is 14.8 Å². The average molecular weight is 442 g/mol. The fourth-order valence-electron chi connectivity index (χ4n) is 4.52. The molecule has 30 heavy (non-hydrogen) atoms. The van der Waals surface area contributed by atoms with Crippen LogP contribution in [0.3, 0.4) is 0 Å². The van der Waals surface area contributed by atoms with Gasteiger partial charge in [0.05, 0.1) is 40.4 Å². The van der Waals surface area contributed by atoms with Gasteiger partial charge in [-0.3, -0.25) is 9.59 Å². The highest BCUT2D eigenvalue weighted by Crippen LogP contribution is 2.36. The fraction of sp³-hybridized carbons (Fsp3) is 0.318. The predicted molar refractivity (Wildman–Crippen MR) is 114 cm³/mol. The summed E-state index contributed by atoms with van der Waals surface area (Å²) in [5, 5.41) is 2.54. The molecule has 2 atom stereocenters. The van der Waals surface area contributed by atoms with Crippen molar-refractivity contribution >= 4 is 34.8 Å². The van der Waals surface area contributed by atoms with Crippen molar-refractivity contribution in [3.8, 4) is 11.3 Å². The highest BCUT2D eigenvalue weighted by Gasteiger charge is 2.48. The normalized spacial score (nSPS) is 20.8. The lowest BCUT2D eigenvalue weighted by atomic mass is 10.1. The molecule has 8 heteroatoms. The molecule has 2 aliphatic heterocycles. The number of carbonyl (C=O) groups is 2. The van der Waals surface area contributed by atoms with Crippen LogP contribution in [0, 0.1) is 6.92 Å². The highest BCUT2D eigenvalue weighted by atomic mass is 35.5. The SMILES string of the molecule is Cc1oc(-c2ccccc2Cl)cc1C(=O)N1CC[C@H]2[C@@H]1CC(=O)N2Cc1cscn1. The number of halogens is 1. The third kappa shape index (κ3) is 3.22. The van der Waals surface area contributed by atoms with Crippen LogP contribution in [0.25, 0.3) is 11.3 Å².